The Morgan fingerprint density at radius 3 is 3.12 bits per heavy atom. The molecule has 0 bridgehead atoms. The highest BCUT2D eigenvalue weighted by Gasteiger charge is 2.15. The van der Waals surface area contributed by atoms with Crippen molar-refractivity contribution < 1.29 is 9.13 Å². The molecule has 0 amide bonds. The molecule has 1 aromatic rings. The highest BCUT2D eigenvalue weighted by atomic mass is 19.1. The topological polar surface area (TPSA) is 45.0 Å². The molecule has 0 saturated carbocycles. The first kappa shape index (κ1) is 11.1. The molecule has 1 saturated heterocycles. The molecule has 0 aromatic heterocycles. The average Bonchev–Trinajstić information content (AvgIpc) is 2.81. The molecular weight excluding hydrogens is 207 g/mol. The number of ether oxygens (including phenoxy) is 1. The Kier molecular flexibility index (Phi) is 3.50. The van der Waals surface area contributed by atoms with Crippen LogP contribution in [0.4, 0.5) is 4.39 Å². The van der Waals surface area contributed by atoms with Crippen molar-refractivity contribution in [1.82, 2.24) is 5.32 Å². The van der Waals surface area contributed by atoms with Crippen LogP contribution in [0.2, 0.25) is 0 Å². The van der Waals surface area contributed by atoms with E-state index >= 15 is 0 Å². The van der Waals surface area contributed by atoms with E-state index in [1.165, 1.54) is 12.1 Å². The van der Waals surface area contributed by atoms with Gasteiger partial charge in [-0.05, 0) is 24.6 Å². The lowest BCUT2D eigenvalue weighted by molar-refractivity contribution is 0.189. The molecular formula is C12H13FN2O. The predicted molar refractivity (Wildman–Crippen MR) is 57.2 cm³/mol. The van der Waals surface area contributed by atoms with Crippen LogP contribution in [0.3, 0.4) is 0 Å². The van der Waals surface area contributed by atoms with Crippen molar-refractivity contribution in [2.24, 2.45) is 0 Å². The molecule has 1 atom stereocenters. The number of benzene rings is 1. The van der Waals surface area contributed by atoms with Gasteiger partial charge in [-0.2, -0.15) is 5.26 Å². The molecule has 1 aromatic carbocycles. The van der Waals surface area contributed by atoms with Crippen LogP contribution in [0.1, 0.15) is 17.5 Å². The van der Waals surface area contributed by atoms with E-state index in [9.17, 15) is 4.39 Å². The molecule has 1 aliphatic heterocycles. The van der Waals surface area contributed by atoms with E-state index in [0.29, 0.717) is 30.3 Å². The average molecular weight is 220 g/mol. The van der Waals surface area contributed by atoms with Gasteiger partial charge in [0.2, 0.25) is 0 Å². The minimum Gasteiger partial charge on any atom is -0.380 e. The first-order valence-corrected chi connectivity index (χ1v) is 5.29. The van der Waals surface area contributed by atoms with E-state index in [0.717, 1.165) is 13.0 Å². The molecule has 1 heterocycles. The third kappa shape index (κ3) is 2.57. The van der Waals surface area contributed by atoms with Crippen molar-refractivity contribution in [2.45, 2.75) is 19.0 Å². The second-order valence-corrected chi connectivity index (χ2v) is 3.86. The maximum absolute atomic E-state index is 13.4. The van der Waals surface area contributed by atoms with Crippen LogP contribution in [-0.2, 0) is 11.3 Å². The Morgan fingerprint density at radius 2 is 2.44 bits per heavy atom. The van der Waals surface area contributed by atoms with Crippen LogP contribution in [0.5, 0.6) is 0 Å². The summed E-state index contributed by atoms with van der Waals surface area (Å²) in [6.07, 6.45) is 0.958. The summed E-state index contributed by atoms with van der Waals surface area (Å²) in [6, 6.07) is 6.70. The Balaban J connectivity index is 2.00. The number of rotatable bonds is 3. The summed E-state index contributed by atoms with van der Waals surface area (Å²) in [5.41, 5.74) is 1.02. The number of hydrogen-bond donors (Lipinski definition) is 1. The normalized spacial score (nSPS) is 19.6. The SMILES string of the molecule is N#Cc1ccc(F)c(CNC2CCOC2)c1. The van der Waals surface area contributed by atoms with E-state index in [1.807, 2.05) is 6.07 Å². The molecule has 1 fully saturated rings. The van der Waals surface area contributed by atoms with Gasteiger partial charge < -0.3 is 10.1 Å². The predicted octanol–water partition coefficient (Wildman–Crippen LogP) is 1.58. The Morgan fingerprint density at radius 1 is 1.56 bits per heavy atom. The summed E-state index contributed by atoms with van der Waals surface area (Å²) < 4.78 is 18.6. The van der Waals surface area contributed by atoms with Crippen molar-refractivity contribution in [2.75, 3.05) is 13.2 Å². The molecule has 2 rings (SSSR count). The van der Waals surface area contributed by atoms with Gasteiger partial charge in [-0.3, -0.25) is 0 Å². The van der Waals surface area contributed by atoms with Gasteiger partial charge in [0.15, 0.2) is 0 Å². The van der Waals surface area contributed by atoms with Crippen LogP contribution >= 0.6 is 0 Å². The highest BCUT2D eigenvalue weighted by Crippen LogP contribution is 2.11. The molecule has 16 heavy (non-hydrogen) atoms. The zero-order chi connectivity index (χ0) is 11.4. The number of nitrogens with one attached hydrogen (secondary N) is 1. The summed E-state index contributed by atoms with van der Waals surface area (Å²) in [7, 11) is 0. The molecule has 0 radical (unpaired) electrons. The highest BCUT2D eigenvalue weighted by molar-refractivity contribution is 5.33. The van der Waals surface area contributed by atoms with Gasteiger partial charge >= 0.3 is 0 Å². The first-order valence-electron chi connectivity index (χ1n) is 5.29. The third-order valence-corrected chi connectivity index (χ3v) is 2.69. The largest absolute Gasteiger partial charge is 0.380 e. The zero-order valence-electron chi connectivity index (χ0n) is 8.87. The summed E-state index contributed by atoms with van der Waals surface area (Å²) in [6.45, 7) is 1.88. The minimum absolute atomic E-state index is 0.273. The lowest BCUT2D eigenvalue weighted by Gasteiger charge is -2.11. The van der Waals surface area contributed by atoms with Gasteiger partial charge in [0.05, 0.1) is 18.2 Å². The molecule has 0 spiro atoms. The third-order valence-electron chi connectivity index (χ3n) is 2.69. The van der Waals surface area contributed by atoms with Crippen LogP contribution in [-0.4, -0.2) is 19.3 Å². The molecule has 0 aliphatic carbocycles. The molecule has 3 nitrogen and oxygen atoms in total. The number of nitriles is 1. The van der Waals surface area contributed by atoms with Gasteiger partial charge in [-0.15, -0.1) is 0 Å². The number of nitrogens with zero attached hydrogens (tertiary/aromatic N) is 1. The number of hydrogen-bond acceptors (Lipinski definition) is 3. The van der Waals surface area contributed by atoms with Crippen molar-refractivity contribution in [3.05, 3.63) is 35.1 Å². The zero-order valence-corrected chi connectivity index (χ0v) is 8.87. The standard InChI is InChI=1S/C12H13FN2O/c13-12-2-1-9(6-14)5-10(12)7-15-11-3-4-16-8-11/h1-2,5,11,15H,3-4,7-8H2. The smallest absolute Gasteiger partial charge is 0.127 e. The first-order chi connectivity index (χ1) is 7.79. The maximum Gasteiger partial charge on any atom is 0.127 e. The fourth-order valence-corrected chi connectivity index (χ4v) is 1.73. The van der Waals surface area contributed by atoms with Gasteiger partial charge in [0, 0.05) is 24.8 Å². The van der Waals surface area contributed by atoms with Gasteiger partial charge in [-0.25, -0.2) is 4.39 Å². The summed E-state index contributed by atoms with van der Waals surface area (Å²) in [5, 5.41) is 11.9. The van der Waals surface area contributed by atoms with Gasteiger partial charge in [0.25, 0.3) is 0 Å². The van der Waals surface area contributed by atoms with Crippen LogP contribution in [0.25, 0.3) is 0 Å². The van der Waals surface area contributed by atoms with E-state index in [2.05, 4.69) is 5.32 Å². The number of halogens is 1. The fourth-order valence-electron chi connectivity index (χ4n) is 1.73. The monoisotopic (exact) mass is 220 g/mol. The van der Waals surface area contributed by atoms with Crippen molar-refractivity contribution in [3.8, 4) is 6.07 Å². The van der Waals surface area contributed by atoms with E-state index in [1.54, 1.807) is 6.07 Å². The minimum atomic E-state index is -0.273. The molecule has 84 valence electrons. The Labute approximate surface area is 93.8 Å². The van der Waals surface area contributed by atoms with E-state index < -0.39 is 0 Å². The summed E-state index contributed by atoms with van der Waals surface area (Å²) in [4.78, 5) is 0. The van der Waals surface area contributed by atoms with E-state index in [-0.39, 0.29) is 5.82 Å². The van der Waals surface area contributed by atoms with Crippen LogP contribution in [0.15, 0.2) is 18.2 Å². The van der Waals surface area contributed by atoms with E-state index in [4.69, 9.17) is 10.00 Å². The molecule has 1 N–H and O–H groups in total. The molecule has 1 unspecified atom stereocenters. The van der Waals surface area contributed by atoms with Gasteiger partial charge in [0.1, 0.15) is 5.82 Å². The summed E-state index contributed by atoms with van der Waals surface area (Å²) in [5.74, 6) is -0.273. The fraction of sp³-hybridized carbons (Fsp3) is 0.417. The Hall–Kier alpha value is -1.44. The van der Waals surface area contributed by atoms with Crippen LogP contribution in [0, 0.1) is 17.1 Å². The second-order valence-electron chi connectivity index (χ2n) is 3.86. The van der Waals surface area contributed by atoms with Crippen molar-refractivity contribution >= 4 is 0 Å². The molecule has 1 aliphatic rings. The quantitative estimate of drug-likeness (QED) is 0.841. The van der Waals surface area contributed by atoms with Crippen molar-refractivity contribution in [1.29, 1.82) is 5.26 Å². The van der Waals surface area contributed by atoms with Crippen LogP contribution < -0.4 is 5.32 Å². The van der Waals surface area contributed by atoms with Crippen molar-refractivity contribution in [3.63, 3.8) is 0 Å². The van der Waals surface area contributed by atoms with Gasteiger partial charge in [-0.1, -0.05) is 0 Å². The summed E-state index contributed by atoms with van der Waals surface area (Å²) >= 11 is 0. The maximum atomic E-state index is 13.4. The lowest BCUT2D eigenvalue weighted by Crippen LogP contribution is -2.28. The lowest BCUT2D eigenvalue weighted by atomic mass is 10.1. The Bertz CT molecular complexity index is 408. The second kappa shape index (κ2) is 5.06. The molecule has 4 heteroatoms.